The van der Waals surface area contributed by atoms with Gasteiger partial charge < -0.3 is 19.2 Å². The summed E-state index contributed by atoms with van der Waals surface area (Å²) in [6.07, 6.45) is 4.32. The van der Waals surface area contributed by atoms with E-state index in [4.69, 9.17) is 25.8 Å². The molecule has 4 aromatic rings. The summed E-state index contributed by atoms with van der Waals surface area (Å²) in [5.74, 6) is 2.84. The molecule has 2 aliphatic rings. The van der Waals surface area contributed by atoms with E-state index >= 15 is 0 Å². The van der Waals surface area contributed by atoms with Crippen molar-refractivity contribution in [2.24, 2.45) is 0 Å². The van der Waals surface area contributed by atoms with Crippen LogP contribution in [0.2, 0.25) is 5.02 Å². The van der Waals surface area contributed by atoms with E-state index in [-0.39, 0.29) is 12.9 Å². The summed E-state index contributed by atoms with van der Waals surface area (Å²) in [5, 5.41) is 11.7. The number of fused-ring (bicyclic) bond motifs is 2. The van der Waals surface area contributed by atoms with Crippen LogP contribution in [0.3, 0.4) is 0 Å². The van der Waals surface area contributed by atoms with Gasteiger partial charge in [0.25, 0.3) is 0 Å². The SMILES string of the molecule is Clc1cc(CSc2nnc(-c3c[nH]c4ccccc34)n2CC2CCCO2)cc2c1OCO2. The van der Waals surface area contributed by atoms with Crippen LogP contribution >= 0.6 is 23.4 Å². The molecule has 1 N–H and O–H groups in total. The van der Waals surface area contributed by atoms with Crippen molar-refractivity contribution in [1.29, 1.82) is 0 Å². The molecule has 1 unspecified atom stereocenters. The molecule has 9 heteroatoms. The number of benzene rings is 2. The van der Waals surface area contributed by atoms with Gasteiger partial charge in [-0.3, -0.25) is 4.57 Å². The summed E-state index contributed by atoms with van der Waals surface area (Å²) in [7, 11) is 0. The molecule has 32 heavy (non-hydrogen) atoms. The topological polar surface area (TPSA) is 74.2 Å². The number of nitrogens with one attached hydrogen (secondary N) is 1. The lowest BCUT2D eigenvalue weighted by atomic mass is 10.1. The van der Waals surface area contributed by atoms with Gasteiger partial charge in [-0.05, 0) is 36.6 Å². The number of ether oxygens (including phenoxy) is 3. The van der Waals surface area contributed by atoms with Gasteiger partial charge in [0.1, 0.15) is 0 Å². The first-order valence-electron chi connectivity index (χ1n) is 10.6. The molecule has 4 heterocycles. The maximum absolute atomic E-state index is 6.36. The second-order valence-electron chi connectivity index (χ2n) is 7.90. The van der Waals surface area contributed by atoms with E-state index in [0.717, 1.165) is 59.0 Å². The average Bonchev–Trinajstić information content (AvgIpc) is 3.59. The summed E-state index contributed by atoms with van der Waals surface area (Å²) >= 11 is 7.99. The van der Waals surface area contributed by atoms with Gasteiger partial charge in [-0.1, -0.05) is 41.6 Å². The van der Waals surface area contributed by atoms with Crippen molar-refractivity contribution in [2.75, 3.05) is 13.4 Å². The number of aromatic nitrogens is 4. The van der Waals surface area contributed by atoms with Gasteiger partial charge in [0.2, 0.25) is 6.79 Å². The van der Waals surface area contributed by atoms with E-state index in [1.54, 1.807) is 11.8 Å². The fourth-order valence-electron chi connectivity index (χ4n) is 4.26. The van der Waals surface area contributed by atoms with E-state index in [2.05, 4.69) is 31.9 Å². The highest BCUT2D eigenvalue weighted by molar-refractivity contribution is 7.98. The summed E-state index contributed by atoms with van der Waals surface area (Å²) in [6.45, 7) is 1.74. The zero-order chi connectivity index (χ0) is 21.5. The number of para-hydroxylation sites is 1. The molecular weight excluding hydrogens is 448 g/mol. The van der Waals surface area contributed by atoms with Crippen LogP contribution in [0, 0.1) is 0 Å². The van der Waals surface area contributed by atoms with Crippen molar-refractivity contribution < 1.29 is 14.2 Å². The predicted molar refractivity (Wildman–Crippen MR) is 123 cm³/mol. The Labute approximate surface area is 194 Å². The van der Waals surface area contributed by atoms with E-state index in [1.807, 2.05) is 30.5 Å². The van der Waals surface area contributed by atoms with E-state index in [0.29, 0.717) is 22.3 Å². The Balaban J connectivity index is 1.33. The van der Waals surface area contributed by atoms with Gasteiger partial charge >= 0.3 is 0 Å². The minimum absolute atomic E-state index is 0.175. The molecule has 7 nitrogen and oxygen atoms in total. The summed E-state index contributed by atoms with van der Waals surface area (Å²) in [4.78, 5) is 3.35. The van der Waals surface area contributed by atoms with Crippen molar-refractivity contribution in [3.8, 4) is 22.9 Å². The van der Waals surface area contributed by atoms with Crippen molar-refractivity contribution in [2.45, 2.75) is 36.4 Å². The smallest absolute Gasteiger partial charge is 0.231 e. The number of halogens is 1. The molecule has 2 aromatic heterocycles. The third-order valence-electron chi connectivity index (χ3n) is 5.81. The number of H-pyrrole nitrogens is 1. The molecule has 0 radical (unpaired) electrons. The highest BCUT2D eigenvalue weighted by atomic mass is 35.5. The summed E-state index contributed by atoms with van der Waals surface area (Å²) in [5.41, 5.74) is 3.17. The maximum atomic E-state index is 6.36. The first-order chi connectivity index (χ1) is 15.8. The predicted octanol–water partition coefficient (Wildman–Crippen LogP) is 5.28. The zero-order valence-electron chi connectivity index (χ0n) is 17.2. The lowest BCUT2D eigenvalue weighted by molar-refractivity contribution is 0.0953. The van der Waals surface area contributed by atoms with Crippen LogP contribution in [-0.4, -0.2) is 39.3 Å². The molecule has 2 aromatic carbocycles. The number of nitrogens with zero attached hydrogens (tertiary/aromatic N) is 3. The monoisotopic (exact) mass is 468 g/mol. The molecule has 1 fully saturated rings. The maximum Gasteiger partial charge on any atom is 0.231 e. The standard InChI is InChI=1S/C23H21ClN4O3S/c24-18-8-14(9-20-21(18)31-13-30-20)12-32-23-27-26-22(28(23)11-15-4-3-7-29-15)17-10-25-19-6-2-1-5-16(17)19/h1-2,5-6,8-10,15,25H,3-4,7,11-13H2. The average molecular weight is 469 g/mol. The third kappa shape index (κ3) is 3.62. The van der Waals surface area contributed by atoms with Gasteiger partial charge in [-0.15, -0.1) is 10.2 Å². The molecule has 6 rings (SSSR count). The fraction of sp³-hybridized carbons (Fsp3) is 0.304. The fourth-order valence-corrected chi connectivity index (χ4v) is 5.43. The molecule has 0 spiro atoms. The lowest BCUT2D eigenvalue weighted by Crippen LogP contribution is -2.16. The Morgan fingerprint density at radius 3 is 3.03 bits per heavy atom. The quantitative estimate of drug-likeness (QED) is 0.388. The Morgan fingerprint density at radius 1 is 1.19 bits per heavy atom. The highest BCUT2D eigenvalue weighted by Gasteiger charge is 2.24. The molecule has 1 saturated heterocycles. The van der Waals surface area contributed by atoms with E-state index < -0.39 is 0 Å². The van der Waals surface area contributed by atoms with Crippen LogP contribution in [0.15, 0.2) is 47.8 Å². The summed E-state index contributed by atoms with van der Waals surface area (Å²) < 4.78 is 19.0. The Kier molecular flexibility index (Phi) is 5.21. The van der Waals surface area contributed by atoms with Crippen molar-refractivity contribution in [1.82, 2.24) is 19.7 Å². The normalized spacial score (nSPS) is 17.5. The van der Waals surface area contributed by atoms with E-state index in [1.165, 1.54) is 0 Å². The number of rotatable bonds is 6. The number of hydrogen-bond donors (Lipinski definition) is 1. The second kappa shape index (κ2) is 8.35. The van der Waals surface area contributed by atoms with Crippen molar-refractivity contribution >= 4 is 34.3 Å². The van der Waals surface area contributed by atoms with E-state index in [9.17, 15) is 0 Å². The van der Waals surface area contributed by atoms with Crippen molar-refractivity contribution in [3.63, 3.8) is 0 Å². The summed E-state index contributed by atoms with van der Waals surface area (Å²) in [6, 6.07) is 12.1. The first kappa shape index (κ1) is 20.0. The van der Waals surface area contributed by atoms with Crippen LogP contribution in [-0.2, 0) is 17.0 Å². The number of hydrogen-bond acceptors (Lipinski definition) is 6. The van der Waals surface area contributed by atoms with Crippen LogP contribution in [0.25, 0.3) is 22.3 Å². The van der Waals surface area contributed by atoms with Crippen LogP contribution in [0.4, 0.5) is 0 Å². The second-order valence-corrected chi connectivity index (χ2v) is 9.25. The van der Waals surface area contributed by atoms with Gasteiger partial charge in [-0.2, -0.15) is 0 Å². The lowest BCUT2D eigenvalue weighted by Gasteiger charge is -2.14. The molecule has 164 valence electrons. The molecule has 1 atom stereocenters. The number of thioether (sulfide) groups is 1. The molecule has 0 aliphatic carbocycles. The Morgan fingerprint density at radius 2 is 2.12 bits per heavy atom. The molecule has 0 saturated carbocycles. The third-order valence-corrected chi connectivity index (χ3v) is 7.13. The molecule has 0 amide bonds. The molecule has 2 aliphatic heterocycles. The minimum atomic E-state index is 0.175. The van der Waals surface area contributed by atoms with Gasteiger partial charge in [0, 0.05) is 35.0 Å². The highest BCUT2D eigenvalue weighted by Crippen LogP contribution is 2.41. The molecule has 0 bridgehead atoms. The van der Waals surface area contributed by atoms with Gasteiger partial charge in [0.05, 0.1) is 17.7 Å². The zero-order valence-corrected chi connectivity index (χ0v) is 18.8. The van der Waals surface area contributed by atoms with Gasteiger partial charge in [-0.25, -0.2) is 0 Å². The first-order valence-corrected chi connectivity index (χ1v) is 11.9. The van der Waals surface area contributed by atoms with Crippen LogP contribution in [0.5, 0.6) is 11.5 Å². The Bertz CT molecular complexity index is 1280. The Hall–Kier alpha value is -2.68. The van der Waals surface area contributed by atoms with Crippen LogP contribution in [0.1, 0.15) is 18.4 Å². The largest absolute Gasteiger partial charge is 0.454 e. The molecular formula is C23H21ClN4O3S. The minimum Gasteiger partial charge on any atom is -0.454 e. The van der Waals surface area contributed by atoms with Crippen LogP contribution < -0.4 is 9.47 Å². The van der Waals surface area contributed by atoms with Gasteiger partial charge in [0.15, 0.2) is 22.5 Å². The van der Waals surface area contributed by atoms with Crippen molar-refractivity contribution in [3.05, 3.63) is 53.2 Å². The number of aromatic amines is 1.